The van der Waals surface area contributed by atoms with E-state index < -0.39 is 0 Å². The van der Waals surface area contributed by atoms with Gasteiger partial charge < -0.3 is 15.0 Å². The zero-order valence-electron chi connectivity index (χ0n) is 14.0. The fourth-order valence-electron chi connectivity index (χ4n) is 3.53. The summed E-state index contributed by atoms with van der Waals surface area (Å²) in [4.78, 5) is 10.9. The number of hydrogen-bond donors (Lipinski definition) is 1. The summed E-state index contributed by atoms with van der Waals surface area (Å²) in [7, 11) is 0. The monoisotopic (exact) mass is 346 g/mol. The largest absolute Gasteiger partial charge is 0.371 e. The molecule has 2 fully saturated rings. The van der Waals surface area contributed by atoms with Gasteiger partial charge in [0.05, 0.1) is 13.1 Å². The third-order valence-corrected chi connectivity index (χ3v) is 5.76. The molecule has 7 nitrogen and oxygen atoms in total. The van der Waals surface area contributed by atoms with E-state index in [0.717, 1.165) is 54.8 Å². The zero-order chi connectivity index (χ0) is 16.6. The van der Waals surface area contributed by atoms with Crippen molar-refractivity contribution in [1.29, 1.82) is 0 Å². The highest BCUT2D eigenvalue weighted by Crippen LogP contribution is 2.43. The summed E-state index contributed by atoms with van der Waals surface area (Å²) in [5.74, 6) is 1.27. The van der Waals surface area contributed by atoms with Gasteiger partial charge in [-0.3, -0.25) is 0 Å². The van der Waals surface area contributed by atoms with Crippen molar-refractivity contribution in [2.45, 2.75) is 32.3 Å². The predicted octanol–water partition coefficient (Wildman–Crippen LogP) is 2.04. The van der Waals surface area contributed by atoms with Crippen LogP contribution in [-0.2, 0) is 4.74 Å². The Hall–Kier alpha value is -1.80. The number of aryl methyl sites for hydroxylation is 2. The summed E-state index contributed by atoms with van der Waals surface area (Å²) in [5.41, 5.74) is 1.07. The minimum atomic E-state index is -0.00458. The van der Waals surface area contributed by atoms with Crippen LogP contribution in [0.4, 0.5) is 11.1 Å². The Labute approximate surface area is 145 Å². The quantitative estimate of drug-likeness (QED) is 0.888. The first kappa shape index (κ1) is 15.7. The van der Waals surface area contributed by atoms with Crippen molar-refractivity contribution >= 4 is 22.4 Å². The van der Waals surface area contributed by atoms with Crippen LogP contribution in [0.15, 0.2) is 12.4 Å². The molecular formula is C16H22N6OS. The number of aromatic nitrogens is 4. The fraction of sp³-hybridized carbons (Fsp3) is 0.625. The third-order valence-electron chi connectivity index (χ3n) is 4.86. The Kier molecular flexibility index (Phi) is 4.09. The summed E-state index contributed by atoms with van der Waals surface area (Å²) in [6.07, 6.45) is 5.87. The molecule has 0 bridgehead atoms. The van der Waals surface area contributed by atoms with Crippen LogP contribution >= 0.6 is 11.3 Å². The molecule has 2 aromatic heterocycles. The molecule has 8 heteroatoms. The molecule has 2 aliphatic rings. The number of nitrogens with zero attached hydrogens (tertiary/aromatic N) is 5. The van der Waals surface area contributed by atoms with E-state index in [1.807, 2.05) is 26.2 Å². The SMILES string of the molecule is Cc1cnc(NCCC2CCOC23CN(c2nnc(C)s2)C3)nc1. The second-order valence-electron chi connectivity index (χ2n) is 6.66. The molecule has 24 heavy (non-hydrogen) atoms. The predicted molar refractivity (Wildman–Crippen MR) is 93.5 cm³/mol. The number of hydrogen-bond acceptors (Lipinski definition) is 8. The molecule has 1 N–H and O–H groups in total. The average molecular weight is 346 g/mol. The lowest BCUT2D eigenvalue weighted by Crippen LogP contribution is -2.65. The van der Waals surface area contributed by atoms with E-state index in [1.54, 1.807) is 11.3 Å². The number of ether oxygens (including phenoxy) is 1. The van der Waals surface area contributed by atoms with Crippen molar-refractivity contribution in [2.24, 2.45) is 5.92 Å². The first-order chi connectivity index (χ1) is 11.6. The van der Waals surface area contributed by atoms with Crippen molar-refractivity contribution in [3.63, 3.8) is 0 Å². The lowest BCUT2D eigenvalue weighted by atomic mass is 9.79. The van der Waals surface area contributed by atoms with Gasteiger partial charge in [0.25, 0.3) is 0 Å². The van der Waals surface area contributed by atoms with Gasteiger partial charge in [0.15, 0.2) is 0 Å². The van der Waals surface area contributed by atoms with Crippen LogP contribution in [0, 0.1) is 19.8 Å². The molecule has 4 heterocycles. The van der Waals surface area contributed by atoms with E-state index in [9.17, 15) is 0 Å². The van der Waals surface area contributed by atoms with Gasteiger partial charge in [-0.1, -0.05) is 11.3 Å². The van der Waals surface area contributed by atoms with Gasteiger partial charge in [0.2, 0.25) is 11.1 Å². The molecule has 0 aliphatic carbocycles. The van der Waals surface area contributed by atoms with E-state index in [1.165, 1.54) is 0 Å². The molecule has 0 amide bonds. The van der Waals surface area contributed by atoms with Gasteiger partial charge in [-0.15, -0.1) is 10.2 Å². The van der Waals surface area contributed by atoms with Crippen molar-refractivity contribution < 1.29 is 4.74 Å². The Morgan fingerprint density at radius 2 is 2.08 bits per heavy atom. The molecule has 0 saturated carbocycles. The van der Waals surface area contributed by atoms with Crippen molar-refractivity contribution in [3.05, 3.63) is 23.0 Å². The minimum absolute atomic E-state index is 0.00458. The van der Waals surface area contributed by atoms with Crippen LogP contribution in [-0.4, -0.2) is 52.0 Å². The third kappa shape index (κ3) is 2.95. The van der Waals surface area contributed by atoms with Gasteiger partial charge >= 0.3 is 0 Å². The highest BCUT2D eigenvalue weighted by Gasteiger charge is 2.53. The molecule has 1 unspecified atom stereocenters. The summed E-state index contributed by atoms with van der Waals surface area (Å²) in [6, 6.07) is 0. The molecule has 2 saturated heterocycles. The Bertz CT molecular complexity index is 697. The molecule has 2 aromatic rings. The van der Waals surface area contributed by atoms with Crippen LogP contribution in [0.3, 0.4) is 0 Å². The first-order valence-corrected chi connectivity index (χ1v) is 9.18. The van der Waals surface area contributed by atoms with E-state index in [0.29, 0.717) is 11.9 Å². The molecule has 1 atom stereocenters. The van der Waals surface area contributed by atoms with Gasteiger partial charge in [0.1, 0.15) is 10.6 Å². The van der Waals surface area contributed by atoms with Crippen molar-refractivity contribution in [2.75, 3.05) is 36.5 Å². The lowest BCUT2D eigenvalue weighted by Gasteiger charge is -2.50. The summed E-state index contributed by atoms with van der Waals surface area (Å²) in [6.45, 7) is 7.56. The normalized spacial score (nSPS) is 21.9. The maximum atomic E-state index is 6.12. The Morgan fingerprint density at radius 1 is 1.29 bits per heavy atom. The minimum Gasteiger partial charge on any atom is -0.371 e. The van der Waals surface area contributed by atoms with Crippen molar-refractivity contribution in [3.8, 4) is 0 Å². The average Bonchev–Trinajstić information content (AvgIpc) is 3.14. The van der Waals surface area contributed by atoms with Crippen LogP contribution < -0.4 is 10.2 Å². The van der Waals surface area contributed by atoms with E-state index in [2.05, 4.69) is 30.4 Å². The second-order valence-corrected chi connectivity index (χ2v) is 7.82. The van der Waals surface area contributed by atoms with Crippen LogP contribution in [0.2, 0.25) is 0 Å². The number of anilines is 2. The van der Waals surface area contributed by atoms with Gasteiger partial charge in [-0.25, -0.2) is 9.97 Å². The highest BCUT2D eigenvalue weighted by atomic mass is 32.1. The maximum absolute atomic E-state index is 6.12. The number of nitrogens with one attached hydrogen (secondary N) is 1. The number of rotatable bonds is 5. The summed E-state index contributed by atoms with van der Waals surface area (Å²) < 4.78 is 6.12. The summed E-state index contributed by atoms with van der Waals surface area (Å²) in [5, 5.41) is 13.7. The van der Waals surface area contributed by atoms with Crippen LogP contribution in [0.1, 0.15) is 23.4 Å². The van der Waals surface area contributed by atoms with Gasteiger partial charge in [-0.05, 0) is 38.2 Å². The molecular weight excluding hydrogens is 324 g/mol. The second kappa shape index (κ2) is 6.25. The van der Waals surface area contributed by atoms with E-state index >= 15 is 0 Å². The first-order valence-electron chi connectivity index (χ1n) is 8.36. The van der Waals surface area contributed by atoms with E-state index in [-0.39, 0.29) is 5.60 Å². The fourth-order valence-corrected chi connectivity index (χ4v) is 4.22. The smallest absolute Gasteiger partial charge is 0.222 e. The molecule has 128 valence electrons. The molecule has 2 aliphatic heterocycles. The summed E-state index contributed by atoms with van der Waals surface area (Å²) >= 11 is 1.65. The molecule has 0 radical (unpaired) electrons. The molecule has 1 spiro atoms. The zero-order valence-corrected chi connectivity index (χ0v) is 14.8. The Morgan fingerprint density at radius 3 is 2.79 bits per heavy atom. The molecule has 0 aromatic carbocycles. The van der Waals surface area contributed by atoms with Crippen LogP contribution in [0.5, 0.6) is 0 Å². The van der Waals surface area contributed by atoms with E-state index in [4.69, 9.17) is 4.74 Å². The standard InChI is InChI=1S/C16H22N6OS/c1-11-7-18-14(19-8-11)17-5-3-13-4-6-23-16(13)9-22(10-16)15-21-20-12(2)24-15/h7-8,13H,3-6,9-10H2,1-2H3,(H,17,18,19). The highest BCUT2D eigenvalue weighted by molar-refractivity contribution is 7.15. The van der Waals surface area contributed by atoms with Crippen LogP contribution in [0.25, 0.3) is 0 Å². The van der Waals surface area contributed by atoms with Gasteiger partial charge in [-0.2, -0.15) is 0 Å². The molecule has 4 rings (SSSR count). The Balaban J connectivity index is 1.30. The lowest BCUT2D eigenvalue weighted by molar-refractivity contribution is -0.0447. The topological polar surface area (TPSA) is 76.1 Å². The maximum Gasteiger partial charge on any atom is 0.222 e. The van der Waals surface area contributed by atoms with Crippen molar-refractivity contribution in [1.82, 2.24) is 20.2 Å². The van der Waals surface area contributed by atoms with Gasteiger partial charge in [0, 0.05) is 25.5 Å².